The highest BCUT2D eigenvalue weighted by atomic mass is 127. The summed E-state index contributed by atoms with van der Waals surface area (Å²) in [5.74, 6) is 1.51. The lowest BCUT2D eigenvalue weighted by Crippen LogP contribution is -2.38. The normalized spacial score (nSPS) is 10.9. The lowest BCUT2D eigenvalue weighted by atomic mass is 10.2. The number of hydrogen-bond acceptors (Lipinski definition) is 4. The van der Waals surface area contributed by atoms with Gasteiger partial charge in [-0.2, -0.15) is 0 Å². The van der Waals surface area contributed by atoms with E-state index in [1.807, 2.05) is 67.7 Å². The highest BCUT2D eigenvalue weighted by molar-refractivity contribution is 14.0. The number of rotatable bonds is 7. The molecule has 0 saturated heterocycles. The van der Waals surface area contributed by atoms with Crippen molar-refractivity contribution < 1.29 is 4.52 Å². The van der Waals surface area contributed by atoms with E-state index in [9.17, 15) is 0 Å². The average Bonchev–Trinajstić information content (AvgIpc) is 3.17. The van der Waals surface area contributed by atoms with Crippen molar-refractivity contribution in [2.45, 2.75) is 19.9 Å². The van der Waals surface area contributed by atoms with Gasteiger partial charge in [-0.1, -0.05) is 41.6 Å². The van der Waals surface area contributed by atoms with Crippen LogP contribution in [0.25, 0.3) is 11.3 Å². The summed E-state index contributed by atoms with van der Waals surface area (Å²) in [6.07, 6.45) is 2.65. The van der Waals surface area contributed by atoms with Crippen LogP contribution in [0.1, 0.15) is 18.3 Å². The molecule has 0 aliphatic heterocycles. The maximum atomic E-state index is 5.41. The van der Waals surface area contributed by atoms with E-state index in [4.69, 9.17) is 4.52 Å². The van der Waals surface area contributed by atoms with Crippen LogP contribution in [0.4, 0.5) is 0 Å². The molecule has 27 heavy (non-hydrogen) atoms. The number of hydrogen-bond donors (Lipinski definition) is 2. The lowest BCUT2D eigenvalue weighted by Gasteiger charge is -2.10. The van der Waals surface area contributed by atoms with Crippen LogP contribution in [0.5, 0.6) is 0 Å². The number of aromatic nitrogens is 2. The molecule has 0 saturated carbocycles. The van der Waals surface area contributed by atoms with E-state index in [2.05, 4.69) is 25.8 Å². The largest absolute Gasteiger partial charge is 0.357 e. The maximum absolute atomic E-state index is 5.41. The molecule has 0 radical (unpaired) electrons. The lowest BCUT2D eigenvalue weighted by molar-refractivity contribution is 0.424. The molecule has 0 aliphatic rings. The summed E-state index contributed by atoms with van der Waals surface area (Å²) in [5, 5.41) is 10.7. The molecule has 3 aromatic rings. The molecule has 7 heteroatoms. The van der Waals surface area contributed by atoms with Gasteiger partial charge in [0.25, 0.3) is 0 Å². The average molecular weight is 477 g/mol. The number of pyridine rings is 1. The van der Waals surface area contributed by atoms with Crippen LogP contribution in [0.2, 0.25) is 0 Å². The van der Waals surface area contributed by atoms with Gasteiger partial charge in [-0.15, -0.1) is 24.0 Å². The zero-order chi connectivity index (χ0) is 18.0. The molecule has 2 N–H and O–H groups in total. The number of nitrogens with zero attached hydrogens (tertiary/aromatic N) is 3. The molecule has 2 heterocycles. The molecular formula is C20H24IN5O. The predicted molar refractivity (Wildman–Crippen MR) is 118 cm³/mol. The van der Waals surface area contributed by atoms with Gasteiger partial charge in [-0.25, -0.2) is 4.99 Å². The second kappa shape index (κ2) is 11.3. The summed E-state index contributed by atoms with van der Waals surface area (Å²) in [5.41, 5.74) is 2.86. The number of guanidine groups is 1. The second-order valence-corrected chi connectivity index (χ2v) is 5.74. The van der Waals surface area contributed by atoms with Crippen LogP contribution in [0.3, 0.4) is 0 Å². The minimum Gasteiger partial charge on any atom is -0.357 e. The molecule has 6 nitrogen and oxygen atoms in total. The first kappa shape index (κ1) is 20.9. The summed E-state index contributed by atoms with van der Waals surface area (Å²) in [6.45, 7) is 4.05. The summed E-state index contributed by atoms with van der Waals surface area (Å²) >= 11 is 0. The van der Waals surface area contributed by atoms with Crippen molar-refractivity contribution in [2.75, 3.05) is 13.1 Å². The van der Waals surface area contributed by atoms with E-state index < -0.39 is 0 Å². The van der Waals surface area contributed by atoms with Gasteiger partial charge in [-0.05, 0) is 19.1 Å². The fourth-order valence-corrected chi connectivity index (χ4v) is 2.48. The van der Waals surface area contributed by atoms with Gasteiger partial charge < -0.3 is 15.2 Å². The van der Waals surface area contributed by atoms with E-state index in [0.29, 0.717) is 6.54 Å². The van der Waals surface area contributed by atoms with Crippen molar-refractivity contribution in [1.29, 1.82) is 0 Å². The van der Waals surface area contributed by atoms with Gasteiger partial charge in [0.2, 0.25) is 0 Å². The van der Waals surface area contributed by atoms with Crippen molar-refractivity contribution in [3.05, 3.63) is 72.2 Å². The van der Waals surface area contributed by atoms with Crippen LogP contribution >= 0.6 is 24.0 Å². The monoisotopic (exact) mass is 477 g/mol. The fraction of sp³-hybridized carbons (Fsp3) is 0.250. The highest BCUT2D eigenvalue weighted by Gasteiger charge is 2.06. The van der Waals surface area contributed by atoms with Crippen LogP contribution < -0.4 is 10.6 Å². The Kier molecular flexibility index (Phi) is 8.76. The Morgan fingerprint density at radius 1 is 1.04 bits per heavy atom. The number of nitrogens with one attached hydrogen (secondary N) is 2. The molecule has 0 atom stereocenters. The molecule has 0 bridgehead atoms. The third-order valence-corrected chi connectivity index (χ3v) is 3.76. The molecule has 0 spiro atoms. The Morgan fingerprint density at radius 3 is 2.59 bits per heavy atom. The van der Waals surface area contributed by atoms with Gasteiger partial charge in [0.15, 0.2) is 11.7 Å². The molecule has 142 valence electrons. The van der Waals surface area contributed by atoms with E-state index >= 15 is 0 Å². The molecule has 1 aromatic carbocycles. The van der Waals surface area contributed by atoms with E-state index in [0.717, 1.165) is 48.2 Å². The quantitative estimate of drug-likeness (QED) is 0.309. The third-order valence-electron chi connectivity index (χ3n) is 3.76. The molecule has 0 aliphatic carbocycles. The van der Waals surface area contributed by atoms with Crippen LogP contribution in [-0.2, 0) is 13.0 Å². The van der Waals surface area contributed by atoms with Crippen molar-refractivity contribution in [3.63, 3.8) is 0 Å². The molecular weight excluding hydrogens is 453 g/mol. The van der Waals surface area contributed by atoms with Gasteiger partial charge in [0, 0.05) is 43.0 Å². The summed E-state index contributed by atoms with van der Waals surface area (Å²) in [6, 6.07) is 17.8. The Morgan fingerprint density at radius 2 is 1.85 bits per heavy atom. The van der Waals surface area contributed by atoms with E-state index in [1.165, 1.54) is 0 Å². The molecule has 3 rings (SSSR count). The molecule has 0 unspecified atom stereocenters. The van der Waals surface area contributed by atoms with Gasteiger partial charge in [0.05, 0.1) is 6.54 Å². The fourth-order valence-electron chi connectivity index (χ4n) is 2.48. The number of aliphatic imine (C=N–C) groups is 1. The zero-order valence-corrected chi connectivity index (χ0v) is 17.6. The topological polar surface area (TPSA) is 75.3 Å². The van der Waals surface area contributed by atoms with E-state index in [-0.39, 0.29) is 24.0 Å². The molecule has 0 fully saturated rings. The van der Waals surface area contributed by atoms with Crippen molar-refractivity contribution in [3.8, 4) is 11.3 Å². The first-order valence-electron chi connectivity index (χ1n) is 8.78. The Hall–Kier alpha value is -2.42. The number of halogens is 1. The van der Waals surface area contributed by atoms with Crippen molar-refractivity contribution in [1.82, 2.24) is 20.8 Å². The van der Waals surface area contributed by atoms with Crippen LogP contribution in [0, 0.1) is 0 Å². The predicted octanol–water partition coefficient (Wildman–Crippen LogP) is 3.65. The molecule has 2 aromatic heterocycles. The highest BCUT2D eigenvalue weighted by Crippen LogP contribution is 2.19. The first-order valence-corrected chi connectivity index (χ1v) is 8.78. The van der Waals surface area contributed by atoms with Gasteiger partial charge >= 0.3 is 0 Å². The Bertz CT molecular complexity index is 821. The van der Waals surface area contributed by atoms with E-state index in [1.54, 1.807) is 0 Å². The minimum atomic E-state index is 0. The Labute approximate surface area is 176 Å². The SMILES string of the molecule is CCNC(=NCc1cc(-c2ccccc2)on1)NCCc1ccccn1.I. The third kappa shape index (κ3) is 6.67. The Balaban J connectivity index is 0.00000261. The summed E-state index contributed by atoms with van der Waals surface area (Å²) in [7, 11) is 0. The number of benzene rings is 1. The van der Waals surface area contributed by atoms with Gasteiger partial charge in [-0.3, -0.25) is 4.98 Å². The van der Waals surface area contributed by atoms with Crippen molar-refractivity contribution >= 4 is 29.9 Å². The standard InChI is InChI=1S/C20H23N5O.HI/c1-2-21-20(23-13-11-17-10-6-7-12-22-17)24-15-18-14-19(26-25-18)16-8-4-3-5-9-16;/h3-10,12,14H,2,11,13,15H2,1H3,(H2,21,23,24);1H. The van der Waals surface area contributed by atoms with Crippen molar-refractivity contribution in [2.24, 2.45) is 4.99 Å². The zero-order valence-electron chi connectivity index (χ0n) is 15.3. The molecule has 0 amide bonds. The van der Waals surface area contributed by atoms with Gasteiger partial charge in [0.1, 0.15) is 5.69 Å². The second-order valence-electron chi connectivity index (χ2n) is 5.74. The minimum absolute atomic E-state index is 0. The smallest absolute Gasteiger partial charge is 0.191 e. The van der Waals surface area contributed by atoms with Crippen LogP contribution in [0.15, 0.2) is 70.3 Å². The maximum Gasteiger partial charge on any atom is 0.191 e. The summed E-state index contributed by atoms with van der Waals surface area (Å²) in [4.78, 5) is 8.90. The summed E-state index contributed by atoms with van der Waals surface area (Å²) < 4.78 is 5.41. The first-order chi connectivity index (χ1) is 12.8. The van der Waals surface area contributed by atoms with Crippen LogP contribution in [-0.4, -0.2) is 29.2 Å².